The molecule has 0 fully saturated rings. The van der Waals surface area contributed by atoms with Crippen LogP contribution in [0.1, 0.15) is 42.7 Å². The standard InChI is InChI=1S/C16H24F2N2O/c17-16(18)11-21-9-8-14(20-19)10-13-6-3-5-12-4-1-2-7-15(12)13/h1-2,4,7,13-14,16,20H,3,5-6,8-11,19H2. The Labute approximate surface area is 124 Å². The third-order valence-corrected chi connectivity index (χ3v) is 4.15. The molecule has 5 heteroatoms. The summed E-state index contributed by atoms with van der Waals surface area (Å²) in [4.78, 5) is 0. The molecule has 0 amide bonds. The summed E-state index contributed by atoms with van der Waals surface area (Å²) in [6.07, 6.45) is 2.67. The molecule has 1 aromatic carbocycles. The fourth-order valence-corrected chi connectivity index (χ4v) is 3.11. The van der Waals surface area contributed by atoms with Crippen LogP contribution in [0.5, 0.6) is 0 Å². The van der Waals surface area contributed by atoms with E-state index in [1.165, 1.54) is 17.5 Å². The molecule has 1 aromatic rings. The van der Waals surface area contributed by atoms with Crippen molar-refractivity contribution in [3.8, 4) is 0 Å². The van der Waals surface area contributed by atoms with E-state index >= 15 is 0 Å². The van der Waals surface area contributed by atoms with Gasteiger partial charge in [0.25, 0.3) is 6.43 Å². The van der Waals surface area contributed by atoms with Crippen molar-refractivity contribution < 1.29 is 13.5 Å². The van der Waals surface area contributed by atoms with Gasteiger partial charge in [0.2, 0.25) is 0 Å². The first-order valence-corrected chi connectivity index (χ1v) is 7.60. The number of halogens is 2. The van der Waals surface area contributed by atoms with Gasteiger partial charge in [0.1, 0.15) is 6.61 Å². The SMILES string of the molecule is NNC(CCOCC(F)F)CC1CCCc2ccccc21. The first-order valence-electron chi connectivity index (χ1n) is 7.60. The van der Waals surface area contributed by atoms with Crippen LogP contribution in [0.25, 0.3) is 0 Å². The number of hydrogen-bond acceptors (Lipinski definition) is 3. The van der Waals surface area contributed by atoms with E-state index in [-0.39, 0.29) is 6.04 Å². The van der Waals surface area contributed by atoms with Gasteiger partial charge in [0.15, 0.2) is 0 Å². The number of fused-ring (bicyclic) bond motifs is 1. The molecule has 118 valence electrons. The number of ether oxygens (including phenoxy) is 1. The van der Waals surface area contributed by atoms with Crippen LogP contribution in [0.3, 0.4) is 0 Å². The van der Waals surface area contributed by atoms with Gasteiger partial charge in [-0.3, -0.25) is 11.3 Å². The average Bonchev–Trinajstić information content (AvgIpc) is 2.50. The van der Waals surface area contributed by atoms with E-state index in [0.29, 0.717) is 18.9 Å². The van der Waals surface area contributed by atoms with E-state index < -0.39 is 13.0 Å². The third kappa shape index (κ3) is 5.02. The van der Waals surface area contributed by atoms with Crippen LogP contribution in [0.2, 0.25) is 0 Å². The number of hydrogen-bond donors (Lipinski definition) is 2. The monoisotopic (exact) mass is 298 g/mol. The largest absolute Gasteiger partial charge is 0.375 e. The Morgan fingerprint density at radius 1 is 1.33 bits per heavy atom. The van der Waals surface area contributed by atoms with Crippen molar-refractivity contribution in [1.82, 2.24) is 5.43 Å². The predicted molar refractivity (Wildman–Crippen MR) is 79.3 cm³/mol. The highest BCUT2D eigenvalue weighted by molar-refractivity contribution is 5.32. The maximum absolute atomic E-state index is 12.0. The van der Waals surface area contributed by atoms with Gasteiger partial charge >= 0.3 is 0 Å². The van der Waals surface area contributed by atoms with Crippen molar-refractivity contribution in [3.63, 3.8) is 0 Å². The summed E-state index contributed by atoms with van der Waals surface area (Å²) in [7, 11) is 0. The molecule has 2 atom stereocenters. The Kier molecular flexibility index (Phi) is 6.54. The van der Waals surface area contributed by atoms with E-state index in [1.54, 1.807) is 0 Å². The van der Waals surface area contributed by atoms with Crippen LogP contribution >= 0.6 is 0 Å². The Morgan fingerprint density at radius 2 is 2.14 bits per heavy atom. The van der Waals surface area contributed by atoms with Gasteiger partial charge in [-0.05, 0) is 49.1 Å². The molecule has 2 rings (SSSR count). The van der Waals surface area contributed by atoms with Gasteiger partial charge < -0.3 is 4.74 Å². The lowest BCUT2D eigenvalue weighted by Gasteiger charge is -2.28. The van der Waals surface area contributed by atoms with E-state index in [2.05, 4.69) is 29.7 Å². The quantitative estimate of drug-likeness (QED) is 0.440. The molecule has 2 unspecified atom stereocenters. The van der Waals surface area contributed by atoms with E-state index in [1.807, 2.05) is 0 Å². The molecule has 3 N–H and O–H groups in total. The minimum atomic E-state index is -2.40. The van der Waals surface area contributed by atoms with Gasteiger partial charge in [-0.1, -0.05) is 24.3 Å². The Bertz CT molecular complexity index is 428. The number of benzene rings is 1. The lowest BCUT2D eigenvalue weighted by molar-refractivity contribution is 0.0140. The Hall–Kier alpha value is -1.04. The molecule has 3 nitrogen and oxygen atoms in total. The topological polar surface area (TPSA) is 47.3 Å². The van der Waals surface area contributed by atoms with E-state index in [9.17, 15) is 8.78 Å². The normalized spacial score (nSPS) is 19.5. The second-order valence-corrected chi connectivity index (χ2v) is 5.64. The molecule has 0 saturated carbocycles. The van der Waals surface area contributed by atoms with Crippen molar-refractivity contribution in [2.24, 2.45) is 5.84 Å². The van der Waals surface area contributed by atoms with Crippen LogP contribution in [-0.2, 0) is 11.2 Å². The van der Waals surface area contributed by atoms with Gasteiger partial charge in [0.05, 0.1) is 0 Å². The molecule has 1 aliphatic rings. The summed E-state index contributed by atoms with van der Waals surface area (Å²) in [6, 6.07) is 8.64. The molecule has 0 radical (unpaired) electrons. The molecular formula is C16H24F2N2O. The van der Waals surface area contributed by atoms with E-state index in [4.69, 9.17) is 10.6 Å². The van der Waals surface area contributed by atoms with Gasteiger partial charge in [-0.15, -0.1) is 0 Å². The fourth-order valence-electron chi connectivity index (χ4n) is 3.11. The molecule has 0 saturated heterocycles. The highest BCUT2D eigenvalue weighted by Gasteiger charge is 2.22. The first kappa shape index (κ1) is 16.3. The number of alkyl halides is 2. The van der Waals surface area contributed by atoms with Crippen molar-refractivity contribution in [2.45, 2.75) is 50.5 Å². The van der Waals surface area contributed by atoms with Crippen molar-refractivity contribution in [1.29, 1.82) is 0 Å². The van der Waals surface area contributed by atoms with Crippen LogP contribution in [-0.4, -0.2) is 25.7 Å². The van der Waals surface area contributed by atoms with Crippen molar-refractivity contribution in [3.05, 3.63) is 35.4 Å². The number of nitrogens with one attached hydrogen (secondary N) is 1. The van der Waals surface area contributed by atoms with E-state index in [0.717, 1.165) is 19.3 Å². The minimum Gasteiger partial charge on any atom is -0.375 e. The summed E-state index contributed by atoms with van der Waals surface area (Å²) in [5.41, 5.74) is 5.64. The highest BCUT2D eigenvalue weighted by Crippen LogP contribution is 2.34. The maximum atomic E-state index is 12.0. The zero-order chi connectivity index (χ0) is 15.1. The van der Waals surface area contributed by atoms with Gasteiger partial charge in [-0.2, -0.15) is 0 Å². The zero-order valence-corrected chi connectivity index (χ0v) is 12.2. The summed E-state index contributed by atoms with van der Waals surface area (Å²) in [5, 5.41) is 0. The van der Waals surface area contributed by atoms with Gasteiger partial charge in [0, 0.05) is 12.6 Å². The van der Waals surface area contributed by atoms with Crippen LogP contribution in [0, 0.1) is 0 Å². The van der Waals surface area contributed by atoms with Gasteiger partial charge in [-0.25, -0.2) is 8.78 Å². The lowest BCUT2D eigenvalue weighted by Crippen LogP contribution is -2.37. The van der Waals surface area contributed by atoms with Crippen LogP contribution < -0.4 is 11.3 Å². The summed E-state index contributed by atoms with van der Waals surface area (Å²) < 4.78 is 29.0. The number of rotatable bonds is 8. The Balaban J connectivity index is 1.85. The molecule has 0 heterocycles. The number of hydrazine groups is 1. The van der Waals surface area contributed by atoms with Crippen LogP contribution in [0.4, 0.5) is 8.78 Å². The molecule has 0 bridgehead atoms. The summed E-state index contributed by atoms with van der Waals surface area (Å²) in [6.45, 7) is -0.183. The molecule has 0 aromatic heterocycles. The maximum Gasteiger partial charge on any atom is 0.261 e. The molecule has 0 spiro atoms. The van der Waals surface area contributed by atoms with Crippen LogP contribution in [0.15, 0.2) is 24.3 Å². The molecule has 0 aliphatic heterocycles. The lowest BCUT2D eigenvalue weighted by atomic mass is 9.79. The second kappa shape index (κ2) is 8.41. The molecular weight excluding hydrogens is 274 g/mol. The van der Waals surface area contributed by atoms with Crippen molar-refractivity contribution >= 4 is 0 Å². The second-order valence-electron chi connectivity index (χ2n) is 5.64. The first-order chi connectivity index (χ1) is 10.2. The zero-order valence-electron chi connectivity index (χ0n) is 12.2. The average molecular weight is 298 g/mol. The summed E-state index contributed by atoms with van der Waals surface area (Å²) >= 11 is 0. The highest BCUT2D eigenvalue weighted by atomic mass is 19.3. The number of aryl methyl sites for hydroxylation is 1. The smallest absolute Gasteiger partial charge is 0.261 e. The summed E-state index contributed by atoms with van der Waals surface area (Å²) in [5.74, 6) is 6.09. The third-order valence-electron chi connectivity index (χ3n) is 4.15. The molecule has 21 heavy (non-hydrogen) atoms. The number of nitrogens with two attached hydrogens (primary N) is 1. The molecule has 1 aliphatic carbocycles. The fraction of sp³-hybridized carbons (Fsp3) is 0.625. The predicted octanol–water partition coefficient (Wildman–Crippen LogP) is 3.00. The van der Waals surface area contributed by atoms with Crippen molar-refractivity contribution in [2.75, 3.05) is 13.2 Å². The Morgan fingerprint density at radius 3 is 2.90 bits per heavy atom. The minimum absolute atomic E-state index is 0.0961.